The van der Waals surface area contributed by atoms with Crippen LogP contribution in [0.25, 0.3) is 0 Å². The number of halogens is 1. The molecule has 14 heavy (non-hydrogen) atoms. The summed E-state index contributed by atoms with van der Waals surface area (Å²) in [6.07, 6.45) is 1.59. The Morgan fingerprint density at radius 1 is 1.43 bits per heavy atom. The minimum Gasteiger partial charge on any atom is -0.381 e. The number of hydrogen-bond donors (Lipinski definition) is 1. The van der Waals surface area contributed by atoms with Crippen LogP contribution < -0.4 is 10.6 Å². The molecule has 0 unspecified atom stereocenters. The molecule has 0 radical (unpaired) electrons. The number of anilines is 2. The van der Waals surface area contributed by atoms with E-state index in [1.54, 1.807) is 6.20 Å². The van der Waals surface area contributed by atoms with Crippen LogP contribution in [-0.2, 0) is 4.74 Å². The van der Waals surface area contributed by atoms with Crippen LogP contribution >= 0.6 is 0 Å². The van der Waals surface area contributed by atoms with Crippen LogP contribution in [0.1, 0.15) is 0 Å². The van der Waals surface area contributed by atoms with Gasteiger partial charge in [0.25, 0.3) is 0 Å². The summed E-state index contributed by atoms with van der Waals surface area (Å²) in [6, 6.07) is 1.41. The molecule has 0 saturated carbocycles. The van der Waals surface area contributed by atoms with E-state index < -0.39 is 5.82 Å². The third kappa shape index (κ3) is 1.77. The van der Waals surface area contributed by atoms with Crippen molar-refractivity contribution in [2.75, 3.05) is 36.9 Å². The first-order valence-electron chi connectivity index (χ1n) is 4.51. The van der Waals surface area contributed by atoms with Crippen LogP contribution in [0.15, 0.2) is 12.3 Å². The molecule has 1 saturated heterocycles. The van der Waals surface area contributed by atoms with Gasteiger partial charge < -0.3 is 15.4 Å². The van der Waals surface area contributed by atoms with Gasteiger partial charge in [-0.3, -0.25) is 0 Å². The molecular weight excluding hydrogens is 185 g/mol. The molecular formula is C9H12FN3O. The van der Waals surface area contributed by atoms with Crippen molar-refractivity contribution in [3.05, 3.63) is 18.1 Å². The van der Waals surface area contributed by atoms with Gasteiger partial charge in [0, 0.05) is 19.2 Å². The minimum atomic E-state index is -0.464. The van der Waals surface area contributed by atoms with Crippen molar-refractivity contribution in [1.29, 1.82) is 0 Å². The van der Waals surface area contributed by atoms with E-state index in [9.17, 15) is 4.39 Å². The zero-order valence-corrected chi connectivity index (χ0v) is 7.74. The molecule has 0 bridgehead atoms. The third-order valence-electron chi connectivity index (χ3n) is 2.23. The molecule has 1 fully saturated rings. The average molecular weight is 197 g/mol. The maximum Gasteiger partial charge on any atom is 0.167 e. The van der Waals surface area contributed by atoms with Crippen LogP contribution in [0, 0.1) is 5.82 Å². The maximum absolute atomic E-state index is 13.1. The molecule has 0 aliphatic carbocycles. The van der Waals surface area contributed by atoms with Crippen molar-refractivity contribution in [1.82, 2.24) is 4.98 Å². The first kappa shape index (κ1) is 9.21. The number of ether oxygens (including phenoxy) is 1. The Morgan fingerprint density at radius 3 is 2.79 bits per heavy atom. The quantitative estimate of drug-likeness (QED) is 0.717. The molecule has 4 nitrogen and oxygen atoms in total. The molecule has 0 aromatic carbocycles. The van der Waals surface area contributed by atoms with Crippen LogP contribution in [0.2, 0.25) is 0 Å². The normalized spacial score (nSPS) is 17.1. The predicted molar refractivity (Wildman–Crippen MR) is 51.6 cm³/mol. The number of nitrogens with zero attached hydrogens (tertiary/aromatic N) is 2. The lowest BCUT2D eigenvalue weighted by Gasteiger charge is -2.28. The summed E-state index contributed by atoms with van der Waals surface area (Å²) in [4.78, 5) is 5.80. The summed E-state index contributed by atoms with van der Waals surface area (Å²) in [6.45, 7) is 2.88. The molecule has 0 atom stereocenters. The van der Waals surface area contributed by atoms with Gasteiger partial charge >= 0.3 is 0 Å². The highest BCUT2D eigenvalue weighted by atomic mass is 19.1. The SMILES string of the molecule is Nc1ncc(N2CCOCC2)cc1F. The van der Waals surface area contributed by atoms with Crippen molar-refractivity contribution in [2.45, 2.75) is 0 Å². The molecule has 2 heterocycles. The molecule has 2 rings (SSSR count). The number of morpholine rings is 1. The standard InChI is InChI=1S/C9H12FN3O/c10-8-5-7(6-12-9(8)11)13-1-3-14-4-2-13/h5-6H,1-4H2,(H2,11,12). The third-order valence-corrected chi connectivity index (χ3v) is 2.23. The summed E-state index contributed by atoms with van der Waals surface area (Å²) < 4.78 is 18.3. The number of aromatic nitrogens is 1. The largest absolute Gasteiger partial charge is 0.381 e. The van der Waals surface area contributed by atoms with Crippen molar-refractivity contribution < 1.29 is 9.13 Å². The highest BCUT2D eigenvalue weighted by Crippen LogP contribution is 2.18. The van der Waals surface area contributed by atoms with E-state index in [0.717, 1.165) is 18.8 Å². The fourth-order valence-corrected chi connectivity index (χ4v) is 1.43. The molecule has 0 spiro atoms. The molecule has 2 N–H and O–H groups in total. The van der Waals surface area contributed by atoms with Crippen molar-refractivity contribution in [3.8, 4) is 0 Å². The Kier molecular flexibility index (Phi) is 2.49. The zero-order chi connectivity index (χ0) is 9.97. The first-order chi connectivity index (χ1) is 6.77. The van der Waals surface area contributed by atoms with Gasteiger partial charge in [-0.25, -0.2) is 9.37 Å². The number of hydrogen-bond acceptors (Lipinski definition) is 4. The smallest absolute Gasteiger partial charge is 0.167 e. The van der Waals surface area contributed by atoms with E-state index in [0.29, 0.717) is 13.2 Å². The van der Waals surface area contributed by atoms with Crippen LogP contribution in [0.5, 0.6) is 0 Å². The molecule has 1 aliphatic heterocycles. The lowest BCUT2D eigenvalue weighted by Crippen LogP contribution is -2.36. The minimum absolute atomic E-state index is 0.0537. The van der Waals surface area contributed by atoms with Gasteiger partial charge in [0.2, 0.25) is 0 Å². The Labute approximate surface area is 81.5 Å². The molecule has 76 valence electrons. The van der Waals surface area contributed by atoms with Gasteiger partial charge in [-0.15, -0.1) is 0 Å². The second-order valence-corrected chi connectivity index (χ2v) is 3.16. The lowest BCUT2D eigenvalue weighted by atomic mass is 10.3. The number of nitrogens with two attached hydrogens (primary N) is 1. The molecule has 1 aromatic heterocycles. The highest BCUT2D eigenvalue weighted by Gasteiger charge is 2.12. The van der Waals surface area contributed by atoms with Gasteiger partial charge in [0.05, 0.1) is 25.1 Å². The zero-order valence-electron chi connectivity index (χ0n) is 7.74. The fourth-order valence-electron chi connectivity index (χ4n) is 1.43. The van der Waals surface area contributed by atoms with E-state index in [1.165, 1.54) is 6.07 Å². The molecule has 1 aliphatic rings. The first-order valence-corrected chi connectivity index (χ1v) is 4.51. The van der Waals surface area contributed by atoms with Crippen LogP contribution in [-0.4, -0.2) is 31.3 Å². The molecule has 0 amide bonds. The van der Waals surface area contributed by atoms with Gasteiger partial charge in [-0.2, -0.15) is 0 Å². The monoisotopic (exact) mass is 197 g/mol. The van der Waals surface area contributed by atoms with Gasteiger partial charge in [-0.1, -0.05) is 0 Å². The summed E-state index contributed by atoms with van der Waals surface area (Å²) in [7, 11) is 0. The van der Waals surface area contributed by atoms with E-state index in [2.05, 4.69) is 4.98 Å². The second-order valence-electron chi connectivity index (χ2n) is 3.16. The number of nitrogen functional groups attached to an aromatic ring is 1. The summed E-state index contributed by atoms with van der Waals surface area (Å²) in [5, 5.41) is 0. The predicted octanol–water partition coefficient (Wildman–Crippen LogP) is 0.639. The molecule has 1 aromatic rings. The summed E-state index contributed by atoms with van der Waals surface area (Å²) in [5.74, 6) is -0.518. The van der Waals surface area contributed by atoms with Gasteiger partial charge in [-0.05, 0) is 0 Å². The van der Waals surface area contributed by atoms with Crippen molar-refractivity contribution in [3.63, 3.8) is 0 Å². The van der Waals surface area contributed by atoms with E-state index >= 15 is 0 Å². The maximum atomic E-state index is 13.1. The highest BCUT2D eigenvalue weighted by molar-refractivity contribution is 5.49. The summed E-state index contributed by atoms with van der Waals surface area (Å²) in [5.41, 5.74) is 6.05. The Morgan fingerprint density at radius 2 is 2.14 bits per heavy atom. The van der Waals surface area contributed by atoms with E-state index in [-0.39, 0.29) is 5.82 Å². The van der Waals surface area contributed by atoms with E-state index in [1.807, 2.05) is 4.90 Å². The van der Waals surface area contributed by atoms with Crippen molar-refractivity contribution in [2.24, 2.45) is 0 Å². The lowest BCUT2D eigenvalue weighted by molar-refractivity contribution is 0.122. The Bertz CT molecular complexity index is 326. The average Bonchev–Trinajstić information content (AvgIpc) is 2.23. The molecule has 5 heteroatoms. The Balaban J connectivity index is 2.18. The number of rotatable bonds is 1. The van der Waals surface area contributed by atoms with Crippen LogP contribution in [0.4, 0.5) is 15.9 Å². The fraction of sp³-hybridized carbons (Fsp3) is 0.444. The van der Waals surface area contributed by atoms with Crippen LogP contribution in [0.3, 0.4) is 0 Å². The van der Waals surface area contributed by atoms with E-state index in [4.69, 9.17) is 10.5 Å². The number of pyridine rings is 1. The van der Waals surface area contributed by atoms with Gasteiger partial charge in [0.15, 0.2) is 11.6 Å². The summed E-state index contributed by atoms with van der Waals surface area (Å²) >= 11 is 0. The second kappa shape index (κ2) is 3.79. The topological polar surface area (TPSA) is 51.4 Å². The van der Waals surface area contributed by atoms with Crippen molar-refractivity contribution >= 4 is 11.5 Å². The van der Waals surface area contributed by atoms with Gasteiger partial charge in [0.1, 0.15) is 0 Å². The Hall–Kier alpha value is -1.36.